The fourth-order valence-electron chi connectivity index (χ4n) is 7.55. The van der Waals surface area contributed by atoms with Crippen molar-refractivity contribution in [3.8, 4) is 22.9 Å². The molecule has 3 N–H and O–H groups in total. The summed E-state index contributed by atoms with van der Waals surface area (Å²) in [6, 6.07) is 11.8. The third-order valence-electron chi connectivity index (χ3n) is 9.56. The predicted octanol–water partition coefficient (Wildman–Crippen LogP) is 5.63. The summed E-state index contributed by atoms with van der Waals surface area (Å²) in [5, 5.41) is 26.0. The van der Waals surface area contributed by atoms with E-state index in [1.807, 2.05) is 13.1 Å². The Hall–Kier alpha value is -3.60. The second kappa shape index (κ2) is 10.7. The summed E-state index contributed by atoms with van der Waals surface area (Å²) < 4.78 is 39.1. The fourth-order valence-corrected chi connectivity index (χ4v) is 7.55. The van der Waals surface area contributed by atoms with Crippen molar-refractivity contribution in [2.75, 3.05) is 44.7 Å². The van der Waals surface area contributed by atoms with E-state index in [4.69, 9.17) is 9.72 Å². The van der Waals surface area contributed by atoms with E-state index in [0.29, 0.717) is 48.2 Å². The van der Waals surface area contributed by atoms with Gasteiger partial charge in [-0.1, -0.05) is 24.3 Å². The van der Waals surface area contributed by atoms with Crippen molar-refractivity contribution in [3.63, 3.8) is 0 Å². The molecule has 0 radical (unpaired) electrons. The third kappa shape index (κ3) is 5.91. The van der Waals surface area contributed by atoms with Gasteiger partial charge < -0.3 is 30.1 Å². The molecular weight excluding hydrogens is 576 g/mol. The number of rotatable bonds is 9. The van der Waals surface area contributed by atoms with Gasteiger partial charge in [0.25, 0.3) is 0 Å². The van der Waals surface area contributed by atoms with Crippen LogP contribution in [0.15, 0.2) is 42.5 Å². The second-order valence-electron chi connectivity index (χ2n) is 14.6. The third-order valence-corrected chi connectivity index (χ3v) is 9.56. The van der Waals surface area contributed by atoms with Crippen LogP contribution in [0.1, 0.15) is 46.5 Å². The van der Waals surface area contributed by atoms with Crippen molar-refractivity contribution in [1.82, 2.24) is 20.2 Å². The highest BCUT2D eigenvalue weighted by atomic mass is 19.1. The Labute approximate surface area is 262 Å². The minimum atomic E-state index is -0.815. The van der Waals surface area contributed by atoms with Gasteiger partial charge in [0.15, 0.2) is 5.82 Å². The highest BCUT2D eigenvalue weighted by Crippen LogP contribution is 2.47. The van der Waals surface area contributed by atoms with Crippen LogP contribution in [0.4, 0.5) is 14.6 Å². The molecule has 3 aromatic carbocycles. The Morgan fingerprint density at radius 2 is 1.89 bits per heavy atom. The van der Waals surface area contributed by atoms with E-state index in [1.165, 1.54) is 12.1 Å². The van der Waals surface area contributed by atoms with Crippen LogP contribution in [0.25, 0.3) is 32.8 Å². The predicted molar refractivity (Wildman–Crippen MR) is 172 cm³/mol. The van der Waals surface area contributed by atoms with Gasteiger partial charge in [-0.25, -0.2) is 8.78 Å². The van der Waals surface area contributed by atoms with E-state index in [2.05, 4.69) is 27.0 Å². The molecule has 2 atom stereocenters. The number of benzene rings is 3. The zero-order valence-corrected chi connectivity index (χ0v) is 26.3. The number of piperazine rings is 1. The van der Waals surface area contributed by atoms with Crippen molar-refractivity contribution in [2.45, 2.75) is 63.6 Å². The van der Waals surface area contributed by atoms with Crippen molar-refractivity contribution in [1.29, 1.82) is 0 Å². The number of aromatic hydroxyl groups is 1. The first-order chi connectivity index (χ1) is 21.3. The zero-order valence-electron chi connectivity index (χ0n) is 26.3. The van der Waals surface area contributed by atoms with E-state index in [0.717, 1.165) is 32.2 Å². The molecule has 2 bridgehead atoms. The van der Waals surface area contributed by atoms with Gasteiger partial charge in [-0.3, -0.25) is 0 Å². The molecule has 3 aliphatic rings. The summed E-state index contributed by atoms with van der Waals surface area (Å²) in [6.07, 6.45) is 3.97. The second-order valence-corrected chi connectivity index (χ2v) is 14.6. The molecule has 10 heteroatoms. The Morgan fingerprint density at radius 1 is 1.11 bits per heavy atom. The zero-order chi connectivity index (χ0) is 31.7. The lowest BCUT2D eigenvalue weighted by Gasteiger charge is -2.40. The quantitative estimate of drug-likeness (QED) is 0.223. The number of halogens is 2. The molecule has 7 rings (SSSR count). The van der Waals surface area contributed by atoms with Crippen LogP contribution in [0, 0.1) is 17.0 Å². The fraction of sp³-hybridized carbons (Fsp3) is 0.486. The number of phenolic OH excluding ortho intramolecular Hbond substituents is 1. The van der Waals surface area contributed by atoms with Crippen LogP contribution >= 0.6 is 0 Å². The van der Waals surface area contributed by atoms with Crippen molar-refractivity contribution < 1.29 is 23.7 Å². The molecule has 1 unspecified atom stereocenters. The molecule has 1 saturated carbocycles. The highest BCUT2D eigenvalue weighted by Gasteiger charge is 2.45. The Morgan fingerprint density at radius 3 is 2.62 bits per heavy atom. The monoisotopic (exact) mass is 617 g/mol. The first-order valence-electron chi connectivity index (χ1n) is 15.8. The number of hydrogen-bond donors (Lipinski definition) is 3. The van der Waals surface area contributed by atoms with Crippen LogP contribution < -0.4 is 15.0 Å². The SMILES string of the molecule is CN(CC(C)(C)O)CC1(COc2nc(N3CC4CC[C@@](C)(C3)N4)c3cc(F)c(-c4cc(O)cc5ccccc45)c(F)c3n2)CC1. The summed E-state index contributed by atoms with van der Waals surface area (Å²) >= 11 is 0. The van der Waals surface area contributed by atoms with Crippen LogP contribution in [-0.4, -0.2) is 82.1 Å². The van der Waals surface area contributed by atoms with Crippen LogP contribution in [0.3, 0.4) is 0 Å². The molecule has 3 fully saturated rings. The number of likely N-dealkylation sites (N-methyl/N-ethyl adjacent to an activating group) is 1. The summed E-state index contributed by atoms with van der Waals surface area (Å²) in [5.74, 6) is -1.18. The van der Waals surface area contributed by atoms with Gasteiger partial charge in [0.1, 0.15) is 22.9 Å². The first-order valence-corrected chi connectivity index (χ1v) is 15.8. The molecule has 0 amide bonds. The van der Waals surface area contributed by atoms with Gasteiger partial charge in [-0.05, 0) is 88.0 Å². The maximum atomic E-state index is 16.7. The summed E-state index contributed by atoms with van der Waals surface area (Å²) in [7, 11) is 1.98. The number of aliphatic hydroxyl groups is 1. The lowest BCUT2D eigenvalue weighted by Crippen LogP contribution is -2.58. The molecule has 1 aliphatic carbocycles. The normalized spacial score (nSPS) is 22.5. The number of aromatic nitrogens is 2. The van der Waals surface area contributed by atoms with E-state index in [9.17, 15) is 10.2 Å². The molecule has 3 heterocycles. The van der Waals surface area contributed by atoms with E-state index < -0.39 is 17.2 Å². The molecule has 238 valence electrons. The largest absolute Gasteiger partial charge is 0.508 e. The topological polar surface area (TPSA) is 94.0 Å². The van der Waals surface area contributed by atoms with Crippen molar-refractivity contribution in [3.05, 3.63) is 54.1 Å². The van der Waals surface area contributed by atoms with Gasteiger partial charge in [-0.15, -0.1) is 0 Å². The number of anilines is 1. The lowest BCUT2D eigenvalue weighted by atomic mass is 9.95. The number of fused-ring (bicyclic) bond motifs is 4. The van der Waals surface area contributed by atoms with Crippen LogP contribution in [0.5, 0.6) is 11.8 Å². The molecule has 1 aromatic heterocycles. The Balaban J connectivity index is 1.31. The minimum Gasteiger partial charge on any atom is -0.508 e. The van der Waals surface area contributed by atoms with Crippen molar-refractivity contribution in [2.24, 2.45) is 5.41 Å². The van der Waals surface area contributed by atoms with Crippen LogP contribution in [0.2, 0.25) is 0 Å². The number of nitrogens with one attached hydrogen (secondary N) is 1. The van der Waals surface area contributed by atoms with Gasteiger partial charge in [-0.2, -0.15) is 9.97 Å². The number of phenols is 1. The maximum absolute atomic E-state index is 16.7. The molecule has 2 saturated heterocycles. The molecule has 45 heavy (non-hydrogen) atoms. The molecule has 2 aliphatic heterocycles. The number of ether oxygens (including phenoxy) is 1. The maximum Gasteiger partial charge on any atom is 0.319 e. The molecular formula is C35H41F2N5O3. The molecule has 8 nitrogen and oxygen atoms in total. The smallest absolute Gasteiger partial charge is 0.319 e. The van der Waals surface area contributed by atoms with Gasteiger partial charge >= 0.3 is 6.01 Å². The summed E-state index contributed by atoms with van der Waals surface area (Å²) in [5.41, 5.74) is -1.05. The minimum absolute atomic E-state index is 0.0150. The van der Waals surface area contributed by atoms with E-state index in [-0.39, 0.29) is 45.4 Å². The first kappa shape index (κ1) is 30.1. The van der Waals surface area contributed by atoms with Gasteiger partial charge in [0.2, 0.25) is 0 Å². The molecule has 0 spiro atoms. The lowest BCUT2D eigenvalue weighted by molar-refractivity contribution is 0.0350. The highest BCUT2D eigenvalue weighted by molar-refractivity contribution is 6.01. The average Bonchev–Trinajstić information content (AvgIpc) is 3.66. The van der Waals surface area contributed by atoms with Gasteiger partial charge in [0, 0.05) is 48.6 Å². The summed E-state index contributed by atoms with van der Waals surface area (Å²) in [6.45, 7) is 8.67. The summed E-state index contributed by atoms with van der Waals surface area (Å²) in [4.78, 5) is 13.6. The number of hydrogen-bond acceptors (Lipinski definition) is 8. The van der Waals surface area contributed by atoms with Gasteiger partial charge in [0.05, 0.1) is 17.8 Å². The standard InChI is InChI=1S/C35H41F2N5O3/c1-33(2,44)17-41(4)19-35(11-12-35)20-45-32-38-30-26(31(39-32)42-16-22-9-10-34(3,18-42)40-22)15-27(36)28(29(30)37)25-14-23(43)13-21-7-5-6-8-24(21)25/h5-8,13-15,22,40,43-44H,9-12,16-20H2,1-4H3/t22?,34-/m0/s1. The number of nitrogens with zero attached hydrogens (tertiary/aromatic N) is 4. The average molecular weight is 618 g/mol. The Kier molecular flexibility index (Phi) is 7.18. The Bertz CT molecular complexity index is 1790. The van der Waals surface area contributed by atoms with E-state index >= 15 is 8.78 Å². The molecule has 4 aromatic rings. The van der Waals surface area contributed by atoms with Crippen molar-refractivity contribution >= 4 is 27.5 Å². The van der Waals surface area contributed by atoms with E-state index in [1.54, 1.807) is 38.1 Å². The van der Waals surface area contributed by atoms with Crippen LogP contribution in [-0.2, 0) is 0 Å².